The SMILES string of the molecule is CCC(C)SCCOc1ccc(CN)cc1. The molecule has 0 aromatic heterocycles. The average Bonchev–Trinajstić information content (AvgIpc) is 2.35. The van der Waals surface area contributed by atoms with Gasteiger partial charge in [0.1, 0.15) is 5.75 Å². The van der Waals surface area contributed by atoms with E-state index in [1.165, 1.54) is 6.42 Å². The molecular formula is C13H21NOS. The van der Waals surface area contributed by atoms with Crippen LogP contribution in [0.3, 0.4) is 0 Å². The van der Waals surface area contributed by atoms with E-state index in [-0.39, 0.29) is 0 Å². The fourth-order valence-electron chi connectivity index (χ4n) is 1.25. The van der Waals surface area contributed by atoms with Crippen molar-refractivity contribution in [3.63, 3.8) is 0 Å². The first-order chi connectivity index (χ1) is 7.76. The highest BCUT2D eigenvalue weighted by atomic mass is 32.2. The van der Waals surface area contributed by atoms with Crippen LogP contribution in [0, 0.1) is 0 Å². The van der Waals surface area contributed by atoms with Crippen molar-refractivity contribution in [1.29, 1.82) is 0 Å². The van der Waals surface area contributed by atoms with E-state index in [0.717, 1.165) is 28.9 Å². The first-order valence-corrected chi connectivity index (χ1v) is 6.84. The highest BCUT2D eigenvalue weighted by Crippen LogP contribution is 2.15. The Bertz CT molecular complexity index is 286. The number of benzene rings is 1. The lowest BCUT2D eigenvalue weighted by atomic mass is 10.2. The Labute approximate surface area is 103 Å². The van der Waals surface area contributed by atoms with Crippen LogP contribution >= 0.6 is 11.8 Å². The van der Waals surface area contributed by atoms with E-state index in [1.807, 2.05) is 36.0 Å². The van der Waals surface area contributed by atoms with Crippen molar-refractivity contribution in [1.82, 2.24) is 0 Å². The Morgan fingerprint density at radius 3 is 2.56 bits per heavy atom. The molecule has 0 bridgehead atoms. The van der Waals surface area contributed by atoms with Crippen molar-refractivity contribution in [2.24, 2.45) is 5.73 Å². The average molecular weight is 239 g/mol. The lowest BCUT2D eigenvalue weighted by Gasteiger charge is -2.09. The van der Waals surface area contributed by atoms with Gasteiger partial charge >= 0.3 is 0 Å². The molecule has 16 heavy (non-hydrogen) atoms. The Morgan fingerprint density at radius 1 is 1.31 bits per heavy atom. The number of thioether (sulfide) groups is 1. The molecule has 1 aromatic carbocycles. The summed E-state index contributed by atoms with van der Waals surface area (Å²) < 4.78 is 5.64. The second kappa shape index (κ2) is 7.58. The molecule has 1 aromatic rings. The van der Waals surface area contributed by atoms with Gasteiger partial charge in [0.15, 0.2) is 0 Å². The van der Waals surface area contributed by atoms with E-state index < -0.39 is 0 Å². The van der Waals surface area contributed by atoms with Gasteiger partial charge in [0.25, 0.3) is 0 Å². The molecule has 1 atom stereocenters. The number of hydrogen-bond acceptors (Lipinski definition) is 3. The van der Waals surface area contributed by atoms with Gasteiger partial charge < -0.3 is 10.5 Å². The van der Waals surface area contributed by atoms with E-state index >= 15 is 0 Å². The minimum Gasteiger partial charge on any atom is -0.493 e. The largest absolute Gasteiger partial charge is 0.493 e. The molecule has 0 radical (unpaired) electrons. The van der Waals surface area contributed by atoms with Crippen molar-refractivity contribution in [2.75, 3.05) is 12.4 Å². The maximum Gasteiger partial charge on any atom is 0.119 e. The van der Waals surface area contributed by atoms with Gasteiger partial charge in [-0.25, -0.2) is 0 Å². The highest BCUT2D eigenvalue weighted by molar-refractivity contribution is 7.99. The minimum absolute atomic E-state index is 0.587. The van der Waals surface area contributed by atoms with Crippen LogP contribution in [-0.4, -0.2) is 17.6 Å². The van der Waals surface area contributed by atoms with Gasteiger partial charge in [-0.1, -0.05) is 26.0 Å². The molecule has 0 saturated carbocycles. The molecule has 90 valence electrons. The number of rotatable bonds is 7. The monoisotopic (exact) mass is 239 g/mol. The Kier molecular flexibility index (Phi) is 6.34. The van der Waals surface area contributed by atoms with Crippen LogP contribution in [0.2, 0.25) is 0 Å². The van der Waals surface area contributed by atoms with Crippen LogP contribution in [0.15, 0.2) is 24.3 Å². The number of nitrogens with two attached hydrogens (primary N) is 1. The van der Waals surface area contributed by atoms with Crippen LogP contribution in [0.5, 0.6) is 5.75 Å². The van der Waals surface area contributed by atoms with Gasteiger partial charge in [0.05, 0.1) is 6.61 Å². The van der Waals surface area contributed by atoms with Gasteiger partial charge in [0, 0.05) is 17.5 Å². The van der Waals surface area contributed by atoms with Gasteiger partial charge in [-0.15, -0.1) is 0 Å². The summed E-state index contributed by atoms with van der Waals surface area (Å²) in [5.74, 6) is 1.98. The van der Waals surface area contributed by atoms with Gasteiger partial charge in [-0.3, -0.25) is 0 Å². The van der Waals surface area contributed by atoms with Crippen molar-refractivity contribution in [3.8, 4) is 5.75 Å². The summed E-state index contributed by atoms with van der Waals surface area (Å²) in [6.07, 6.45) is 1.22. The van der Waals surface area contributed by atoms with E-state index in [4.69, 9.17) is 10.5 Å². The molecule has 0 heterocycles. The quantitative estimate of drug-likeness (QED) is 0.743. The van der Waals surface area contributed by atoms with Crippen LogP contribution in [0.25, 0.3) is 0 Å². The summed E-state index contributed by atoms with van der Waals surface area (Å²) in [7, 11) is 0. The molecule has 0 amide bonds. The molecule has 0 spiro atoms. The van der Waals surface area contributed by atoms with Crippen LogP contribution in [-0.2, 0) is 6.54 Å². The van der Waals surface area contributed by atoms with Crippen LogP contribution in [0.1, 0.15) is 25.8 Å². The Morgan fingerprint density at radius 2 is 2.00 bits per heavy atom. The zero-order valence-corrected chi connectivity index (χ0v) is 10.9. The first kappa shape index (κ1) is 13.4. The number of ether oxygens (including phenoxy) is 1. The Balaban J connectivity index is 2.21. The molecule has 0 aliphatic carbocycles. The summed E-state index contributed by atoms with van der Waals surface area (Å²) >= 11 is 1.96. The smallest absolute Gasteiger partial charge is 0.119 e. The number of hydrogen-bond donors (Lipinski definition) is 1. The summed E-state index contributed by atoms with van der Waals surface area (Å²) in [6.45, 7) is 5.83. The predicted molar refractivity (Wildman–Crippen MR) is 72.0 cm³/mol. The fourth-order valence-corrected chi connectivity index (χ4v) is 2.07. The van der Waals surface area contributed by atoms with E-state index in [1.54, 1.807) is 0 Å². The maximum absolute atomic E-state index is 5.64. The van der Waals surface area contributed by atoms with Gasteiger partial charge in [-0.2, -0.15) is 11.8 Å². The molecule has 1 unspecified atom stereocenters. The minimum atomic E-state index is 0.587. The zero-order valence-electron chi connectivity index (χ0n) is 10.1. The molecule has 0 aliphatic heterocycles. The van der Waals surface area contributed by atoms with Crippen molar-refractivity contribution >= 4 is 11.8 Å². The first-order valence-electron chi connectivity index (χ1n) is 5.79. The molecular weight excluding hydrogens is 218 g/mol. The molecule has 2 N–H and O–H groups in total. The third-order valence-corrected chi connectivity index (χ3v) is 3.79. The predicted octanol–water partition coefficient (Wildman–Crippen LogP) is 3.06. The van der Waals surface area contributed by atoms with E-state index in [2.05, 4.69) is 13.8 Å². The summed E-state index contributed by atoms with van der Waals surface area (Å²) in [5.41, 5.74) is 6.67. The lowest BCUT2D eigenvalue weighted by Crippen LogP contribution is -2.04. The molecule has 0 saturated heterocycles. The highest BCUT2D eigenvalue weighted by Gasteiger charge is 1.99. The van der Waals surface area contributed by atoms with E-state index in [0.29, 0.717) is 6.54 Å². The summed E-state index contributed by atoms with van der Waals surface area (Å²) in [5, 5.41) is 0.725. The summed E-state index contributed by atoms with van der Waals surface area (Å²) in [6, 6.07) is 7.99. The van der Waals surface area contributed by atoms with Crippen molar-refractivity contribution in [2.45, 2.75) is 32.1 Å². The van der Waals surface area contributed by atoms with Crippen molar-refractivity contribution < 1.29 is 4.74 Å². The van der Waals surface area contributed by atoms with Crippen molar-refractivity contribution in [3.05, 3.63) is 29.8 Å². The second-order valence-electron chi connectivity index (χ2n) is 3.79. The van der Waals surface area contributed by atoms with E-state index in [9.17, 15) is 0 Å². The zero-order chi connectivity index (χ0) is 11.8. The standard InChI is InChI=1S/C13H21NOS/c1-3-11(2)16-9-8-15-13-6-4-12(10-14)5-7-13/h4-7,11H,3,8-10,14H2,1-2H3. The normalized spacial score (nSPS) is 12.4. The third-order valence-electron chi connectivity index (χ3n) is 2.49. The molecule has 3 heteroatoms. The lowest BCUT2D eigenvalue weighted by molar-refractivity contribution is 0.343. The maximum atomic E-state index is 5.64. The van der Waals surface area contributed by atoms with Crippen LogP contribution in [0.4, 0.5) is 0 Å². The van der Waals surface area contributed by atoms with Gasteiger partial charge in [-0.05, 0) is 24.1 Å². The second-order valence-corrected chi connectivity index (χ2v) is 5.33. The Hall–Kier alpha value is -0.670. The summed E-state index contributed by atoms with van der Waals surface area (Å²) in [4.78, 5) is 0. The molecule has 1 rings (SSSR count). The molecule has 0 fully saturated rings. The topological polar surface area (TPSA) is 35.2 Å². The van der Waals surface area contributed by atoms with Crippen LogP contribution < -0.4 is 10.5 Å². The molecule has 0 aliphatic rings. The van der Waals surface area contributed by atoms with Gasteiger partial charge in [0.2, 0.25) is 0 Å². The third kappa shape index (κ3) is 4.90. The fraction of sp³-hybridized carbons (Fsp3) is 0.538. The molecule has 2 nitrogen and oxygen atoms in total.